The van der Waals surface area contributed by atoms with E-state index in [9.17, 15) is 5.11 Å². The van der Waals surface area contributed by atoms with Crippen LogP contribution in [-0.2, 0) is 0 Å². The third-order valence-corrected chi connectivity index (χ3v) is 4.51. The molecule has 0 aromatic heterocycles. The zero-order valence-electron chi connectivity index (χ0n) is 13.0. The molecule has 0 amide bonds. The van der Waals surface area contributed by atoms with Crippen molar-refractivity contribution in [1.82, 2.24) is 0 Å². The number of thioether (sulfide) groups is 1. The van der Waals surface area contributed by atoms with Gasteiger partial charge in [-0.05, 0) is 50.1 Å². The minimum Gasteiger partial charge on any atom is -0.496 e. The van der Waals surface area contributed by atoms with Crippen molar-refractivity contribution in [1.29, 1.82) is 0 Å². The van der Waals surface area contributed by atoms with Crippen LogP contribution in [-0.4, -0.2) is 18.0 Å². The van der Waals surface area contributed by atoms with Crippen molar-refractivity contribution < 1.29 is 9.84 Å². The number of rotatable bonds is 5. The highest BCUT2D eigenvalue weighted by atomic mass is 32.2. The summed E-state index contributed by atoms with van der Waals surface area (Å²) in [6, 6.07) is 12.4. The van der Waals surface area contributed by atoms with E-state index in [4.69, 9.17) is 4.74 Å². The molecule has 0 radical (unpaired) electrons. The van der Waals surface area contributed by atoms with Gasteiger partial charge in [0.1, 0.15) is 5.75 Å². The van der Waals surface area contributed by atoms with E-state index in [1.807, 2.05) is 26.0 Å². The molecule has 0 aliphatic carbocycles. The zero-order valence-corrected chi connectivity index (χ0v) is 13.8. The first kappa shape index (κ1) is 15.9. The average molecular weight is 302 g/mol. The maximum atomic E-state index is 10.5. The topological polar surface area (TPSA) is 29.5 Å². The van der Waals surface area contributed by atoms with Crippen LogP contribution in [0.1, 0.15) is 28.4 Å². The Balaban J connectivity index is 2.15. The van der Waals surface area contributed by atoms with E-state index >= 15 is 0 Å². The van der Waals surface area contributed by atoms with E-state index < -0.39 is 6.10 Å². The van der Waals surface area contributed by atoms with E-state index in [-0.39, 0.29) is 0 Å². The Morgan fingerprint density at radius 1 is 1.10 bits per heavy atom. The van der Waals surface area contributed by atoms with Crippen LogP contribution in [0, 0.1) is 20.8 Å². The highest BCUT2D eigenvalue weighted by Gasteiger charge is 2.17. The summed E-state index contributed by atoms with van der Waals surface area (Å²) < 4.78 is 5.43. The molecule has 1 N–H and O–H groups in total. The van der Waals surface area contributed by atoms with Crippen molar-refractivity contribution in [3.05, 3.63) is 58.7 Å². The minimum atomic E-state index is -0.536. The predicted molar refractivity (Wildman–Crippen MR) is 89.3 cm³/mol. The number of aliphatic hydroxyl groups is 1. The first-order valence-corrected chi connectivity index (χ1v) is 8.02. The van der Waals surface area contributed by atoms with Crippen molar-refractivity contribution >= 4 is 11.8 Å². The fraction of sp³-hybridized carbons (Fsp3) is 0.333. The van der Waals surface area contributed by atoms with Gasteiger partial charge in [0.2, 0.25) is 0 Å². The predicted octanol–water partition coefficient (Wildman–Crippen LogP) is 4.45. The molecule has 2 aromatic rings. The Kier molecular flexibility index (Phi) is 5.32. The highest BCUT2D eigenvalue weighted by molar-refractivity contribution is 7.99. The maximum Gasteiger partial charge on any atom is 0.125 e. The van der Waals surface area contributed by atoms with Gasteiger partial charge in [-0.3, -0.25) is 0 Å². The van der Waals surface area contributed by atoms with Crippen molar-refractivity contribution in [2.24, 2.45) is 0 Å². The van der Waals surface area contributed by atoms with Crippen LogP contribution >= 0.6 is 11.8 Å². The number of benzene rings is 2. The third-order valence-electron chi connectivity index (χ3n) is 3.44. The molecule has 2 nitrogen and oxygen atoms in total. The summed E-state index contributed by atoms with van der Waals surface area (Å²) in [5, 5.41) is 10.5. The van der Waals surface area contributed by atoms with E-state index in [2.05, 4.69) is 31.2 Å². The van der Waals surface area contributed by atoms with Crippen LogP contribution in [0.5, 0.6) is 5.75 Å². The molecule has 0 aliphatic rings. The van der Waals surface area contributed by atoms with Crippen LogP contribution in [0.4, 0.5) is 0 Å². The summed E-state index contributed by atoms with van der Waals surface area (Å²) in [7, 11) is 1.65. The average Bonchev–Trinajstić information content (AvgIpc) is 2.44. The van der Waals surface area contributed by atoms with Crippen LogP contribution in [0.2, 0.25) is 0 Å². The highest BCUT2D eigenvalue weighted by Crippen LogP contribution is 2.33. The van der Waals surface area contributed by atoms with Crippen LogP contribution in [0.3, 0.4) is 0 Å². The molecule has 0 heterocycles. The van der Waals surface area contributed by atoms with E-state index in [1.165, 1.54) is 10.5 Å². The van der Waals surface area contributed by atoms with Gasteiger partial charge in [-0.1, -0.05) is 23.8 Å². The van der Waals surface area contributed by atoms with Gasteiger partial charge < -0.3 is 9.84 Å². The molecule has 0 fully saturated rings. The number of aliphatic hydroxyl groups excluding tert-OH is 1. The van der Waals surface area contributed by atoms with Gasteiger partial charge in [-0.15, -0.1) is 11.8 Å². The largest absolute Gasteiger partial charge is 0.496 e. The smallest absolute Gasteiger partial charge is 0.125 e. The van der Waals surface area contributed by atoms with E-state index in [0.717, 1.165) is 22.4 Å². The number of methoxy groups -OCH3 is 1. The molecule has 21 heavy (non-hydrogen) atoms. The third kappa shape index (κ3) is 4.02. The molecule has 0 spiro atoms. The summed E-state index contributed by atoms with van der Waals surface area (Å²) in [5.41, 5.74) is 4.35. The molecule has 3 heteroatoms. The van der Waals surface area contributed by atoms with Crippen molar-refractivity contribution in [2.75, 3.05) is 12.9 Å². The Hall–Kier alpha value is -1.45. The first-order valence-electron chi connectivity index (χ1n) is 7.04. The number of aryl methyl sites for hydroxylation is 3. The van der Waals surface area contributed by atoms with Crippen LogP contribution in [0.25, 0.3) is 0 Å². The molecule has 2 rings (SSSR count). The van der Waals surface area contributed by atoms with Gasteiger partial charge in [-0.2, -0.15) is 0 Å². The fourth-order valence-electron chi connectivity index (χ4n) is 2.50. The second-order valence-corrected chi connectivity index (χ2v) is 6.43. The SMILES string of the molecule is COc1cc(C)cc(C)c1C(O)CSc1cccc(C)c1. The van der Waals surface area contributed by atoms with Crippen molar-refractivity contribution in [2.45, 2.75) is 31.8 Å². The Morgan fingerprint density at radius 2 is 1.86 bits per heavy atom. The van der Waals surface area contributed by atoms with Gasteiger partial charge in [0.05, 0.1) is 13.2 Å². The molecular formula is C18H22O2S. The lowest BCUT2D eigenvalue weighted by molar-refractivity contribution is 0.198. The monoisotopic (exact) mass is 302 g/mol. The van der Waals surface area contributed by atoms with Gasteiger partial charge in [0.15, 0.2) is 0 Å². The first-order chi connectivity index (χ1) is 10.0. The normalized spacial score (nSPS) is 12.2. The summed E-state index contributed by atoms with van der Waals surface area (Å²) in [4.78, 5) is 1.18. The fourth-order valence-corrected chi connectivity index (χ4v) is 3.46. The molecular weight excluding hydrogens is 280 g/mol. The molecule has 0 saturated heterocycles. The summed E-state index contributed by atoms with van der Waals surface area (Å²) in [6.07, 6.45) is -0.536. The Morgan fingerprint density at radius 3 is 2.52 bits per heavy atom. The van der Waals surface area contributed by atoms with Crippen LogP contribution < -0.4 is 4.74 Å². The van der Waals surface area contributed by atoms with Crippen LogP contribution in [0.15, 0.2) is 41.3 Å². The van der Waals surface area contributed by atoms with Gasteiger partial charge in [0.25, 0.3) is 0 Å². The molecule has 112 valence electrons. The number of hydrogen-bond acceptors (Lipinski definition) is 3. The Labute approximate surface area is 131 Å². The number of hydrogen-bond donors (Lipinski definition) is 1. The molecule has 0 aliphatic heterocycles. The molecule has 0 saturated carbocycles. The van der Waals surface area contributed by atoms with Gasteiger partial charge in [-0.25, -0.2) is 0 Å². The maximum absolute atomic E-state index is 10.5. The summed E-state index contributed by atoms with van der Waals surface area (Å²) in [6.45, 7) is 6.13. The lowest BCUT2D eigenvalue weighted by Crippen LogP contribution is -2.06. The molecule has 2 aromatic carbocycles. The van der Waals surface area contributed by atoms with Crippen molar-refractivity contribution in [3.63, 3.8) is 0 Å². The molecule has 1 atom stereocenters. The standard InChI is InChI=1S/C18H22O2S/c1-12-6-5-7-15(9-12)21-11-16(19)18-14(3)8-13(2)10-17(18)20-4/h5-10,16,19H,11H2,1-4H3. The minimum absolute atomic E-state index is 0.536. The summed E-state index contributed by atoms with van der Waals surface area (Å²) >= 11 is 1.66. The lowest BCUT2D eigenvalue weighted by Gasteiger charge is -2.18. The van der Waals surface area contributed by atoms with E-state index in [1.54, 1.807) is 18.9 Å². The lowest BCUT2D eigenvalue weighted by atomic mass is 10.0. The van der Waals surface area contributed by atoms with Gasteiger partial charge >= 0.3 is 0 Å². The summed E-state index contributed by atoms with van der Waals surface area (Å²) in [5.74, 6) is 1.38. The van der Waals surface area contributed by atoms with Crippen molar-refractivity contribution in [3.8, 4) is 5.75 Å². The zero-order chi connectivity index (χ0) is 15.4. The quantitative estimate of drug-likeness (QED) is 0.828. The molecule has 0 bridgehead atoms. The molecule has 1 unspecified atom stereocenters. The second kappa shape index (κ2) is 7.01. The second-order valence-electron chi connectivity index (χ2n) is 5.34. The Bertz CT molecular complexity index is 623. The van der Waals surface area contributed by atoms with Gasteiger partial charge in [0, 0.05) is 16.2 Å². The van der Waals surface area contributed by atoms with E-state index in [0.29, 0.717) is 5.75 Å². The number of ether oxygens (including phenoxy) is 1.